The Morgan fingerprint density at radius 1 is 1.00 bits per heavy atom. The van der Waals surface area contributed by atoms with Crippen molar-refractivity contribution in [2.75, 3.05) is 56.8 Å². The van der Waals surface area contributed by atoms with Gasteiger partial charge in [-0.2, -0.15) is 0 Å². The van der Waals surface area contributed by atoms with E-state index in [1.54, 1.807) is 36.2 Å². The van der Waals surface area contributed by atoms with Crippen molar-refractivity contribution in [3.63, 3.8) is 0 Å². The number of rotatable bonds is 6. The van der Waals surface area contributed by atoms with E-state index >= 15 is 0 Å². The van der Waals surface area contributed by atoms with Gasteiger partial charge < -0.3 is 15.0 Å². The first-order valence-electron chi connectivity index (χ1n) is 9.89. The Labute approximate surface area is 175 Å². The number of hydrogen-bond donors (Lipinski definition) is 1. The third-order valence-electron chi connectivity index (χ3n) is 5.20. The highest BCUT2D eigenvalue weighted by molar-refractivity contribution is 6.21. The molecule has 2 aliphatic rings. The Balaban J connectivity index is 1.30. The highest BCUT2D eigenvalue weighted by Gasteiger charge is 2.35. The standard InChI is InChI=1S/C22H24N4O4/c1-24(15-26-21(28)18-4-2-3-5-19(18)22(26)29)14-20(27)23-16-6-8-17(9-7-16)25-10-12-30-13-11-25/h2-9H,10-15H2,1H3,(H,23,27). The number of anilines is 2. The van der Waals surface area contributed by atoms with Crippen LogP contribution in [0.2, 0.25) is 0 Å². The van der Waals surface area contributed by atoms with Gasteiger partial charge in [0.15, 0.2) is 0 Å². The van der Waals surface area contributed by atoms with E-state index < -0.39 is 0 Å². The minimum absolute atomic E-state index is 0.0513. The van der Waals surface area contributed by atoms with Crippen LogP contribution in [0.4, 0.5) is 11.4 Å². The molecule has 0 unspecified atom stereocenters. The molecule has 0 radical (unpaired) electrons. The average Bonchev–Trinajstić information content (AvgIpc) is 3.00. The molecule has 1 saturated heterocycles. The summed E-state index contributed by atoms with van der Waals surface area (Å²) in [6.07, 6.45) is 0. The number of fused-ring (bicyclic) bond motifs is 1. The fourth-order valence-electron chi connectivity index (χ4n) is 3.68. The van der Waals surface area contributed by atoms with Gasteiger partial charge in [-0.1, -0.05) is 12.1 Å². The summed E-state index contributed by atoms with van der Waals surface area (Å²) in [6, 6.07) is 14.4. The molecule has 2 aliphatic heterocycles. The number of nitrogens with one attached hydrogen (secondary N) is 1. The Morgan fingerprint density at radius 2 is 1.60 bits per heavy atom. The Hall–Kier alpha value is -3.23. The van der Waals surface area contributed by atoms with Crippen molar-refractivity contribution in [2.45, 2.75) is 0 Å². The number of carbonyl (C=O) groups is 3. The summed E-state index contributed by atoms with van der Waals surface area (Å²) in [5.41, 5.74) is 2.60. The molecule has 1 N–H and O–H groups in total. The topological polar surface area (TPSA) is 82.2 Å². The lowest BCUT2D eigenvalue weighted by Gasteiger charge is -2.29. The van der Waals surface area contributed by atoms with E-state index in [0.717, 1.165) is 36.9 Å². The van der Waals surface area contributed by atoms with Gasteiger partial charge in [-0.15, -0.1) is 0 Å². The normalized spacial score (nSPS) is 16.2. The van der Waals surface area contributed by atoms with Gasteiger partial charge in [0, 0.05) is 24.5 Å². The second kappa shape index (κ2) is 8.64. The van der Waals surface area contributed by atoms with Crippen LogP contribution in [0.25, 0.3) is 0 Å². The van der Waals surface area contributed by atoms with Gasteiger partial charge in [-0.3, -0.25) is 24.2 Å². The van der Waals surface area contributed by atoms with Gasteiger partial charge in [0.1, 0.15) is 0 Å². The summed E-state index contributed by atoms with van der Waals surface area (Å²) in [5.74, 6) is -0.878. The molecule has 30 heavy (non-hydrogen) atoms. The predicted molar refractivity (Wildman–Crippen MR) is 113 cm³/mol. The summed E-state index contributed by atoms with van der Waals surface area (Å²) >= 11 is 0. The SMILES string of the molecule is CN(CC(=O)Nc1ccc(N2CCOCC2)cc1)CN1C(=O)c2ccccc2C1=O. The molecule has 8 nitrogen and oxygen atoms in total. The number of carbonyl (C=O) groups excluding carboxylic acids is 3. The van der Waals surface area contributed by atoms with Crippen LogP contribution in [0.1, 0.15) is 20.7 Å². The van der Waals surface area contributed by atoms with E-state index in [4.69, 9.17) is 4.74 Å². The quantitative estimate of drug-likeness (QED) is 0.732. The van der Waals surface area contributed by atoms with Gasteiger partial charge >= 0.3 is 0 Å². The van der Waals surface area contributed by atoms with Crippen molar-refractivity contribution >= 4 is 29.1 Å². The second-order valence-corrected chi connectivity index (χ2v) is 7.43. The molecule has 3 amide bonds. The molecule has 0 aliphatic carbocycles. The zero-order valence-corrected chi connectivity index (χ0v) is 16.8. The monoisotopic (exact) mass is 408 g/mol. The summed E-state index contributed by atoms with van der Waals surface area (Å²) in [5, 5.41) is 2.86. The molecule has 0 spiro atoms. The fourth-order valence-corrected chi connectivity index (χ4v) is 3.68. The number of imide groups is 1. The van der Waals surface area contributed by atoms with Gasteiger partial charge in [0.2, 0.25) is 5.91 Å². The number of morpholine rings is 1. The van der Waals surface area contributed by atoms with Crippen molar-refractivity contribution in [2.24, 2.45) is 0 Å². The van der Waals surface area contributed by atoms with Crippen molar-refractivity contribution in [3.05, 3.63) is 59.7 Å². The minimum Gasteiger partial charge on any atom is -0.378 e. The molecule has 0 saturated carbocycles. The minimum atomic E-state index is -0.332. The van der Waals surface area contributed by atoms with Crippen LogP contribution in [0.5, 0.6) is 0 Å². The van der Waals surface area contributed by atoms with Crippen LogP contribution in [-0.4, -0.2) is 74.1 Å². The molecule has 0 atom stereocenters. The zero-order valence-electron chi connectivity index (χ0n) is 16.8. The molecule has 156 valence electrons. The number of likely N-dealkylation sites (N-methyl/N-ethyl adjacent to an activating group) is 1. The van der Waals surface area contributed by atoms with Gasteiger partial charge in [-0.25, -0.2) is 0 Å². The molecular formula is C22H24N4O4. The summed E-state index contributed by atoms with van der Waals surface area (Å²) < 4.78 is 5.36. The summed E-state index contributed by atoms with van der Waals surface area (Å²) in [7, 11) is 1.70. The first kappa shape index (κ1) is 20.1. The molecule has 2 heterocycles. The maximum Gasteiger partial charge on any atom is 0.262 e. The molecule has 0 bridgehead atoms. The van der Waals surface area contributed by atoms with E-state index in [-0.39, 0.29) is 30.9 Å². The van der Waals surface area contributed by atoms with Crippen LogP contribution in [-0.2, 0) is 9.53 Å². The first-order chi connectivity index (χ1) is 14.5. The Morgan fingerprint density at radius 3 is 2.20 bits per heavy atom. The highest BCUT2D eigenvalue weighted by Crippen LogP contribution is 2.22. The summed E-state index contributed by atoms with van der Waals surface area (Å²) in [4.78, 5) is 42.3. The van der Waals surface area contributed by atoms with Crippen molar-refractivity contribution in [1.82, 2.24) is 9.80 Å². The van der Waals surface area contributed by atoms with Gasteiger partial charge in [0.25, 0.3) is 11.8 Å². The van der Waals surface area contributed by atoms with Crippen LogP contribution >= 0.6 is 0 Å². The molecule has 8 heteroatoms. The maximum absolute atomic E-state index is 12.4. The van der Waals surface area contributed by atoms with E-state index in [9.17, 15) is 14.4 Å². The molecule has 1 fully saturated rings. The van der Waals surface area contributed by atoms with Crippen molar-refractivity contribution < 1.29 is 19.1 Å². The third-order valence-corrected chi connectivity index (χ3v) is 5.20. The average molecular weight is 408 g/mol. The number of benzene rings is 2. The van der Waals surface area contributed by atoms with Crippen LogP contribution in [0, 0.1) is 0 Å². The largest absolute Gasteiger partial charge is 0.378 e. The Bertz CT molecular complexity index is 919. The van der Waals surface area contributed by atoms with Gasteiger partial charge in [0.05, 0.1) is 37.6 Å². The number of nitrogens with zero attached hydrogens (tertiary/aromatic N) is 3. The molecule has 4 rings (SSSR count). The van der Waals surface area contributed by atoms with Gasteiger partial charge in [-0.05, 0) is 43.4 Å². The van der Waals surface area contributed by atoms with Crippen molar-refractivity contribution in [1.29, 1.82) is 0 Å². The third kappa shape index (κ3) is 4.19. The maximum atomic E-state index is 12.4. The second-order valence-electron chi connectivity index (χ2n) is 7.43. The number of amides is 3. The highest BCUT2D eigenvalue weighted by atomic mass is 16.5. The lowest BCUT2D eigenvalue weighted by atomic mass is 10.1. The predicted octanol–water partition coefficient (Wildman–Crippen LogP) is 1.65. The fraction of sp³-hybridized carbons (Fsp3) is 0.318. The van der Waals surface area contributed by atoms with E-state index in [1.807, 2.05) is 24.3 Å². The summed E-state index contributed by atoms with van der Waals surface area (Å²) in [6.45, 7) is 3.26. The lowest BCUT2D eigenvalue weighted by molar-refractivity contribution is -0.117. The Kier molecular flexibility index (Phi) is 5.78. The van der Waals surface area contributed by atoms with Crippen LogP contribution in [0.3, 0.4) is 0 Å². The lowest BCUT2D eigenvalue weighted by Crippen LogP contribution is -2.42. The molecule has 2 aromatic carbocycles. The smallest absolute Gasteiger partial charge is 0.262 e. The van der Waals surface area contributed by atoms with Crippen LogP contribution < -0.4 is 10.2 Å². The molecule has 0 aromatic heterocycles. The first-order valence-corrected chi connectivity index (χ1v) is 9.89. The van der Waals surface area contributed by atoms with E-state index in [1.165, 1.54) is 0 Å². The molecule has 2 aromatic rings. The van der Waals surface area contributed by atoms with E-state index in [0.29, 0.717) is 16.8 Å². The van der Waals surface area contributed by atoms with Crippen LogP contribution in [0.15, 0.2) is 48.5 Å². The number of ether oxygens (including phenoxy) is 1. The molecular weight excluding hydrogens is 384 g/mol. The van der Waals surface area contributed by atoms with E-state index in [2.05, 4.69) is 10.2 Å². The number of hydrogen-bond acceptors (Lipinski definition) is 6. The van der Waals surface area contributed by atoms with Crippen molar-refractivity contribution in [3.8, 4) is 0 Å². The zero-order chi connectivity index (χ0) is 21.1.